The molecule has 0 amide bonds. The fourth-order valence-corrected chi connectivity index (χ4v) is 3.16. The predicted octanol–water partition coefficient (Wildman–Crippen LogP) is 2.66. The SMILES string of the molecule is COc1ccc([C@@H]2OC[C@@]3(C)[C@H](CCC[C@@H]3O)O2)cc1. The molecule has 1 aliphatic carbocycles. The lowest BCUT2D eigenvalue weighted by Crippen LogP contribution is -2.54. The summed E-state index contributed by atoms with van der Waals surface area (Å²) in [5.41, 5.74) is 0.717. The molecule has 1 N–H and O–H groups in total. The third-order valence-corrected chi connectivity index (χ3v) is 4.66. The minimum atomic E-state index is -0.343. The molecule has 0 radical (unpaired) electrons. The molecule has 1 heterocycles. The van der Waals surface area contributed by atoms with Crippen LogP contribution in [0, 0.1) is 5.41 Å². The first-order valence-corrected chi connectivity index (χ1v) is 7.22. The maximum Gasteiger partial charge on any atom is 0.184 e. The van der Waals surface area contributed by atoms with Crippen LogP contribution in [0.2, 0.25) is 0 Å². The van der Waals surface area contributed by atoms with Gasteiger partial charge in [-0.1, -0.05) is 19.1 Å². The van der Waals surface area contributed by atoms with E-state index in [-0.39, 0.29) is 23.9 Å². The molecule has 1 saturated carbocycles. The van der Waals surface area contributed by atoms with Crippen molar-refractivity contribution in [2.24, 2.45) is 5.41 Å². The Morgan fingerprint density at radius 3 is 2.70 bits per heavy atom. The predicted molar refractivity (Wildman–Crippen MR) is 74.5 cm³/mol. The van der Waals surface area contributed by atoms with Crippen LogP contribution in [0.3, 0.4) is 0 Å². The highest BCUT2D eigenvalue weighted by Crippen LogP contribution is 2.45. The second-order valence-corrected chi connectivity index (χ2v) is 5.99. The smallest absolute Gasteiger partial charge is 0.184 e. The Balaban J connectivity index is 1.75. The molecule has 2 fully saturated rings. The summed E-state index contributed by atoms with van der Waals surface area (Å²) < 4.78 is 17.1. The zero-order chi connectivity index (χ0) is 14.2. The summed E-state index contributed by atoms with van der Waals surface area (Å²) in [6, 6.07) is 7.74. The van der Waals surface area contributed by atoms with Gasteiger partial charge in [-0.15, -0.1) is 0 Å². The van der Waals surface area contributed by atoms with Gasteiger partial charge in [-0.05, 0) is 31.4 Å². The maximum absolute atomic E-state index is 10.2. The van der Waals surface area contributed by atoms with E-state index in [2.05, 4.69) is 6.92 Å². The normalized spacial score (nSPS) is 37.2. The largest absolute Gasteiger partial charge is 0.497 e. The van der Waals surface area contributed by atoms with E-state index < -0.39 is 0 Å². The Morgan fingerprint density at radius 2 is 2.00 bits per heavy atom. The molecule has 1 saturated heterocycles. The van der Waals surface area contributed by atoms with E-state index in [1.54, 1.807) is 7.11 Å². The second kappa shape index (κ2) is 5.35. The number of hydrogen-bond donors (Lipinski definition) is 1. The van der Waals surface area contributed by atoms with Crippen molar-refractivity contribution in [3.8, 4) is 5.75 Å². The van der Waals surface area contributed by atoms with E-state index in [1.165, 1.54) is 0 Å². The average molecular weight is 278 g/mol. The van der Waals surface area contributed by atoms with Crippen molar-refractivity contribution in [2.75, 3.05) is 13.7 Å². The Kier molecular flexibility index (Phi) is 3.71. The van der Waals surface area contributed by atoms with Crippen molar-refractivity contribution in [1.82, 2.24) is 0 Å². The number of methoxy groups -OCH3 is 1. The number of aliphatic hydroxyl groups excluding tert-OH is 1. The van der Waals surface area contributed by atoms with Gasteiger partial charge < -0.3 is 19.3 Å². The standard InChI is InChI=1S/C16H22O4/c1-16-10-19-15(11-6-8-12(18-2)9-7-11)20-14(16)5-3-4-13(16)17/h6-9,13-15,17H,3-5,10H2,1-2H3/t13-,14-,15+,16+/m0/s1. The highest BCUT2D eigenvalue weighted by atomic mass is 16.7. The molecular formula is C16H22O4. The lowest BCUT2D eigenvalue weighted by molar-refractivity contribution is -0.295. The van der Waals surface area contributed by atoms with E-state index >= 15 is 0 Å². The van der Waals surface area contributed by atoms with Crippen LogP contribution in [0.25, 0.3) is 0 Å². The van der Waals surface area contributed by atoms with Gasteiger partial charge in [-0.3, -0.25) is 0 Å². The highest BCUT2D eigenvalue weighted by molar-refractivity contribution is 5.28. The molecular weight excluding hydrogens is 256 g/mol. The van der Waals surface area contributed by atoms with Crippen LogP contribution >= 0.6 is 0 Å². The zero-order valence-corrected chi connectivity index (χ0v) is 12.0. The summed E-state index contributed by atoms with van der Waals surface area (Å²) in [6.07, 6.45) is 2.22. The Morgan fingerprint density at radius 1 is 1.25 bits per heavy atom. The van der Waals surface area contributed by atoms with Crippen LogP contribution in [0.15, 0.2) is 24.3 Å². The molecule has 0 bridgehead atoms. The molecule has 110 valence electrons. The lowest BCUT2D eigenvalue weighted by Gasteiger charge is -2.49. The first-order valence-electron chi connectivity index (χ1n) is 7.22. The van der Waals surface area contributed by atoms with E-state index in [4.69, 9.17) is 14.2 Å². The summed E-state index contributed by atoms with van der Waals surface area (Å²) in [7, 11) is 1.65. The average Bonchev–Trinajstić information content (AvgIpc) is 2.48. The van der Waals surface area contributed by atoms with Gasteiger partial charge in [0.05, 0.1) is 25.9 Å². The van der Waals surface area contributed by atoms with Crippen molar-refractivity contribution >= 4 is 0 Å². The third kappa shape index (κ3) is 2.32. The van der Waals surface area contributed by atoms with Gasteiger partial charge in [0.2, 0.25) is 0 Å². The van der Waals surface area contributed by atoms with E-state index in [0.717, 1.165) is 30.6 Å². The zero-order valence-electron chi connectivity index (χ0n) is 12.0. The fourth-order valence-electron chi connectivity index (χ4n) is 3.16. The molecule has 4 nitrogen and oxygen atoms in total. The Labute approximate surface area is 119 Å². The van der Waals surface area contributed by atoms with Crippen molar-refractivity contribution in [1.29, 1.82) is 0 Å². The molecule has 0 unspecified atom stereocenters. The van der Waals surface area contributed by atoms with Crippen molar-refractivity contribution < 1.29 is 19.3 Å². The number of benzene rings is 1. The molecule has 1 aromatic carbocycles. The summed E-state index contributed by atoms with van der Waals surface area (Å²) in [6.45, 7) is 2.60. The monoisotopic (exact) mass is 278 g/mol. The fraction of sp³-hybridized carbons (Fsp3) is 0.625. The summed E-state index contributed by atoms with van der Waals surface area (Å²) in [4.78, 5) is 0. The number of fused-ring (bicyclic) bond motifs is 1. The van der Waals surface area contributed by atoms with Crippen molar-refractivity contribution in [3.63, 3.8) is 0 Å². The number of hydrogen-bond acceptors (Lipinski definition) is 4. The van der Waals surface area contributed by atoms with Crippen LogP contribution in [-0.4, -0.2) is 31.0 Å². The van der Waals surface area contributed by atoms with Crippen LogP contribution in [0.5, 0.6) is 5.75 Å². The van der Waals surface area contributed by atoms with Gasteiger partial charge >= 0.3 is 0 Å². The molecule has 4 heteroatoms. The topological polar surface area (TPSA) is 47.9 Å². The van der Waals surface area contributed by atoms with Gasteiger partial charge in [0, 0.05) is 11.0 Å². The minimum absolute atomic E-state index is 0.0621. The summed E-state index contributed by atoms with van der Waals surface area (Å²) in [5.74, 6) is 0.822. The summed E-state index contributed by atoms with van der Waals surface area (Å²) >= 11 is 0. The molecule has 0 spiro atoms. The molecule has 0 aromatic heterocycles. The van der Waals surface area contributed by atoms with Crippen molar-refractivity contribution in [2.45, 2.75) is 44.7 Å². The summed E-state index contributed by atoms with van der Waals surface area (Å²) in [5, 5.41) is 10.2. The lowest BCUT2D eigenvalue weighted by atomic mass is 9.71. The third-order valence-electron chi connectivity index (χ3n) is 4.66. The van der Waals surface area contributed by atoms with E-state index in [1.807, 2.05) is 24.3 Å². The Bertz CT molecular complexity index is 458. The van der Waals surface area contributed by atoms with E-state index in [0.29, 0.717) is 6.61 Å². The van der Waals surface area contributed by atoms with Gasteiger partial charge in [0.25, 0.3) is 0 Å². The number of aliphatic hydroxyl groups is 1. The molecule has 3 rings (SSSR count). The molecule has 2 aliphatic rings. The minimum Gasteiger partial charge on any atom is -0.497 e. The first-order chi connectivity index (χ1) is 9.63. The van der Waals surface area contributed by atoms with Crippen molar-refractivity contribution in [3.05, 3.63) is 29.8 Å². The molecule has 4 atom stereocenters. The molecule has 20 heavy (non-hydrogen) atoms. The highest BCUT2D eigenvalue weighted by Gasteiger charge is 2.48. The molecule has 1 aromatic rings. The first kappa shape index (κ1) is 13.9. The van der Waals surface area contributed by atoms with E-state index in [9.17, 15) is 5.11 Å². The molecule has 1 aliphatic heterocycles. The Hall–Kier alpha value is -1.10. The number of ether oxygens (including phenoxy) is 3. The quantitative estimate of drug-likeness (QED) is 0.903. The maximum atomic E-state index is 10.2. The van der Waals surface area contributed by atoms with Gasteiger partial charge in [-0.25, -0.2) is 0 Å². The second-order valence-electron chi connectivity index (χ2n) is 5.99. The van der Waals surface area contributed by atoms with Gasteiger partial charge in [0.1, 0.15) is 5.75 Å². The van der Waals surface area contributed by atoms with Crippen LogP contribution < -0.4 is 4.74 Å². The van der Waals surface area contributed by atoms with Crippen LogP contribution in [-0.2, 0) is 9.47 Å². The van der Waals surface area contributed by atoms with Crippen LogP contribution in [0.1, 0.15) is 38.0 Å². The number of rotatable bonds is 2. The van der Waals surface area contributed by atoms with Crippen LogP contribution in [0.4, 0.5) is 0 Å². The van der Waals surface area contributed by atoms with Gasteiger partial charge in [-0.2, -0.15) is 0 Å². The van der Waals surface area contributed by atoms with Gasteiger partial charge in [0.15, 0.2) is 6.29 Å².